The number of nitrogens with zero attached hydrogens (tertiary/aromatic N) is 2. The second-order valence-corrected chi connectivity index (χ2v) is 6.35. The second-order valence-electron chi connectivity index (χ2n) is 6.35. The van der Waals surface area contributed by atoms with E-state index in [2.05, 4.69) is 41.0 Å². The van der Waals surface area contributed by atoms with Crippen molar-refractivity contribution in [1.29, 1.82) is 0 Å². The molecule has 20 heavy (non-hydrogen) atoms. The average molecular weight is 273 g/mol. The highest BCUT2D eigenvalue weighted by molar-refractivity contribution is 5.25. The van der Waals surface area contributed by atoms with Crippen LogP contribution in [-0.4, -0.2) is 48.6 Å². The minimum Gasteiger partial charge on any atom is -0.329 e. The van der Waals surface area contributed by atoms with Crippen LogP contribution in [0.3, 0.4) is 0 Å². The maximum absolute atomic E-state index is 6.08. The summed E-state index contributed by atoms with van der Waals surface area (Å²) >= 11 is 0. The van der Waals surface area contributed by atoms with Crippen molar-refractivity contribution in [2.45, 2.75) is 38.3 Å². The third-order valence-corrected chi connectivity index (χ3v) is 4.94. The van der Waals surface area contributed by atoms with Gasteiger partial charge in [-0.05, 0) is 44.8 Å². The van der Waals surface area contributed by atoms with Crippen molar-refractivity contribution < 1.29 is 0 Å². The lowest BCUT2D eigenvalue weighted by atomic mass is 10.0. The van der Waals surface area contributed by atoms with Crippen molar-refractivity contribution in [3.8, 4) is 0 Å². The molecule has 1 aromatic rings. The van der Waals surface area contributed by atoms with Gasteiger partial charge in [0.1, 0.15) is 0 Å². The summed E-state index contributed by atoms with van der Waals surface area (Å²) in [4.78, 5) is 5.28. The van der Waals surface area contributed by atoms with Crippen LogP contribution in [-0.2, 0) is 0 Å². The van der Waals surface area contributed by atoms with Crippen molar-refractivity contribution in [1.82, 2.24) is 9.80 Å². The van der Waals surface area contributed by atoms with Crippen LogP contribution in [0.25, 0.3) is 0 Å². The molecular formula is C17H27N3. The van der Waals surface area contributed by atoms with Gasteiger partial charge in [-0.1, -0.05) is 29.8 Å². The van der Waals surface area contributed by atoms with Gasteiger partial charge in [0.15, 0.2) is 0 Å². The summed E-state index contributed by atoms with van der Waals surface area (Å²) < 4.78 is 0. The van der Waals surface area contributed by atoms with Crippen LogP contribution in [0.5, 0.6) is 0 Å². The number of aryl methyl sites for hydroxylation is 1. The van der Waals surface area contributed by atoms with Gasteiger partial charge < -0.3 is 5.73 Å². The van der Waals surface area contributed by atoms with E-state index < -0.39 is 0 Å². The van der Waals surface area contributed by atoms with Gasteiger partial charge >= 0.3 is 0 Å². The molecule has 0 amide bonds. The molecule has 2 saturated heterocycles. The molecule has 0 saturated carbocycles. The summed E-state index contributed by atoms with van der Waals surface area (Å²) in [5.74, 6) is 0. The average Bonchev–Trinajstić information content (AvgIpc) is 3.10. The molecule has 2 heterocycles. The molecule has 2 aliphatic heterocycles. The van der Waals surface area contributed by atoms with Crippen molar-refractivity contribution in [2.75, 3.05) is 32.7 Å². The third kappa shape index (κ3) is 2.90. The fourth-order valence-electron chi connectivity index (χ4n) is 3.83. The zero-order chi connectivity index (χ0) is 13.9. The molecule has 2 aliphatic rings. The van der Waals surface area contributed by atoms with E-state index >= 15 is 0 Å². The van der Waals surface area contributed by atoms with Crippen LogP contribution in [0.4, 0.5) is 0 Å². The number of rotatable bonds is 4. The van der Waals surface area contributed by atoms with Crippen molar-refractivity contribution in [3.63, 3.8) is 0 Å². The highest BCUT2D eigenvalue weighted by Gasteiger charge is 2.32. The Morgan fingerprint density at radius 2 is 2.05 bits per heavy atom. The maximum atomic E-state index is 6.08. The summed E-state index contributed by atoms with van der Waals surface area (Å²) in [5.41, 5.74) is 8.79. The Kier molecular flexibility index (Phi) is 4.39. The van der Waals surface area contributed by atoms with Crippen LogP contribution in [0.15, 0.2) is 24.3 Å². The molecule has 3 nitrogen and oxygen atoms in total. The monoisotopic (exact) mass is 273 g/mol. The van der Waals surface area contributed by atoms with Gasteiger partial charge in [0.05, 0.1) is 0 Å². The van der Waals surface area contributed by atoms with Crippen LogP contribution >= 0.6 is 0 Å². The van der Waals surface area contributed by atoms with E-state index in [9.17, 15) is 0 Å². The van der Waals surface area contributed by atoms with E-state index in [4.69, 9.17) is 5.73 Å². The summed E-state index contributed by atoms with van der Waals surface area (Å²) in [6.07, 6.45) is 4.08. The summed E-state index contributed by atoms with van der Waals surface area (Å²) in [5, 5.41) is 0. The molecule has 0 radical (unpaired) electrons. The lowest BCUT2D eigenvalue weighted by Crippen LogP contribution is -2.38. The minimum atomic E-state index is 0.391. The number of benzene rings is 1. The predicted molar refractivity (Wildman–Crippen MR) is 83.8 cm³/mol. The van der Waals surface area contributed by atoms with Crippen molar-refractivity contribution in [3.05, 3.63) is 35.4 Å². The van der Waals surface area contributed by atoms with Gasteiger partial charge in [-0.3, -0.25) is 9.80 Å². The lowest BCUT2D eigenvalue weighted by Gasteiger charge is -2.29. The zero-order valence-corrected chi connectivity index (χ0v) is 12.6. The molecule has 2 unspecified atom stereocenters. The fourth-order valence-corrected chi connectivity index (χ4v) is 3.83. The third-order valence-electron chi connectivity index (χ3n) is 4.94. The molecule has 3 rings (SSSR count). The first-order chi connectivity index (χ1) is 9.78. The first-order valence-electron chi connectivity index (χ1n) is 8.02. The summed E-state index contributed by atoms with van der Waals surface area (Å²) in [6.45, 7) is 7.86. The standard InChI is InChI=1S/C17H27N3/c1-14-5-4-6-15(11-14)17(12-18)20-10-7-16(13-20)19-8-2-3-9-19/h4-6,11,16-17H,2-3,7-10,12-13,18H2,1H3. The molecule has 0 spiro atoms. The molecule has 0 aliphatic carbocycles. The van der Waals surface area contributed by atoms with E-state index in [1.54, 1.807) is 0 Å². The van der Waals surface area contributed by atoms with Crippen molar-refractivity contribution >= 4 is 0 Å². The van der Waals surface area contributed by atoms with Crippen LogP contribution < -0.4 is 5.73 Å². The number of hydrogen-bond donors (Lipinski definition) is 1. The second kappa shape index (κ2) is 6.25. The Balaban J connectivity index is 1.68. The van der Waals surface area contributed by atoms with Gasteiger partial charge in [0.2, 0.25) is 0 Å². The highest BCUT2D eigenvalue weighted by atomic mass is 15.3. The van der Waals surface area contributed by atoms with Gasteiger partial charge in [-0.15, -0.1) is 0 Å². The van der Waals surface area contributed by atoms with E-state index in [1.807, 2.05) is 0 Å². The molecule has 2 atom stereocenters. The Morgan fingerprint density at radius 3 is 2.75 bits per heavy atom. The van der Waals surface area contributed by atoms with E-state index in [0.717, 1.165) is 12.6 Å². The van der Waals surface area contributed by atoms with Gasteiger partial charge in [0, 0.05) is 31.7 Å². The molecule has 3 heteroatoms. The molecule has 2 fully saturated rings. The Labute approximate surface area is 122 Å². The Bertz CT molecular complexity index is 440. The van der Waals surface area contributed by atoms with Crippen LogP contribution in [0, 0.1) is 6.92 Å². The highest BCUT2D eigenvalue weighted by Crippen LogP contribution is 2.28. The molecular weight excluding hydrogens is 246 g/mol. The smallest absolute Gasteiger partial charge is 0.0471 e. The van der Waals surface area contributed by atoms with Crippen LogP contribution in [0.2, 0.25) is 0 Å². The SMILES string of the molecule is Cc1cccc(C(CN)N2CCC(N3CCCC3)C2)c1. The fraction of sp³-hybridized carbons (Fsp3) is 0.647. The summed E-state index contributed by atoms with van der Waals surface area (Å²) in [6, 6.07) is 9.99. The summed E-state index contributed by atoms with van der Waals surface area (Å²) in [7, 11) is 0. The number of hydrogen-bond acceptors (Lipinski definition) is 3. The predicted octanol–water partition coefficient (Wildman–Crippen LogP) is 2.16. The number of nitrogens with two attached hydrogens (primary N) is 1. The van der Waals surface area contributed by atoms with Crippen LogP contribution in [0.1, 0.15) is 36.4 Å². The van der Waals surface area contributed by atoms with Gasteiger partial charge in [-0.25, -0.2) is 0 Å². The van der Waals surface area contributed by atoms with Gasteiger partial charge in [0.25, 0.3) is 0 Å². The number of likely N-dealkylation sites (tertiary alicyclic amines) is 2. The zero-order valence-electron chi connectivity index (χ0n) is 12.6. The minimum absolute atomic E-state index is 0.391. The first kappa shape index (κ1) is 14.1. The van der Waals surface area contributed by atoms with Crippen molar-refractivity contribution in [2.24, 2.45) is 5.73 Å². The molecule has 110 valence electrons. The quantitative estimate of drug-likeness (QED) is 0.912. The lowest BCUT2D eigenvalue weighted by molar-refractivity contribution is 0.203. The Hall–Kier alpha value is -0.900. The molecule has 1 aromatic carbocycles. The molecule has 2 N–H and O–H groups in total. The first-order valence-corrected chi connectivity index (χ1v) is 8.02. The molecule has 0 aromatic heterocycles. The van der Waals surface area contributed by atoms with E-state index in [-0.39, 0.29) is 0 Å². The largest absolute Gasteiger partial charge is 0.329 e. The maximum Gasteiger partial charge on any atom is 0.0471 e. The molecule has 0 bridgehead atoms. The Morgan fingerprint density at radius 1 is 1.25 bits per heavy atom. The van der Waals surface area contributed by atoms with Gasteiger partial charge in [-0.2, -0.15) is 0 Å². The van der Waals surface area contributed by atoms with E-state index in [0.29, 0.717) is 6.04 Å². The topological polar surface area (TPSA) is 32.5 Å². The normalized spacial score (nSPS) is 26.2. The van der Waals surface area contributed by atoms with E-state index in [1.165, 1.54) is 56.6 Å².